The average molecular weight is 488 g/mol. The van der Waals surface area contributed by atoms with Crippen LogP contribution in [0.4, 0.5) is 18.9 Å². The number of ketones is 2. The van der Waals surface area contributed by atoms with E-state index in [1.54, 1.807) is 0 Å². The molecule has 3 aromatic rings. The first-order valence-electron chi connectivity index (χ1n) is 10.1. The fraction of sp³-hybridized carbons (Fsp3) is 0.160. The quantitative estimate of drug-likeness (QED) is 0.270. The van der Waals surface area contributed by atoms with Crippen molar-refractivity contribution in [1.29, 1.82) is 0 Å². The summed E-state index contributed by atoms with van der Waals surface area (Å²) in [7, 11) is 1.46. The number of nitrogens with zero attached hydrogens (tertiary/aromatic N) is 1. The fourth-order valence-electron chi connectivity index (χ4n) is 3.98. The lowest BCUT2D eigenvalue weighted by molar-refractivity contribution is -0.137. The van der Waals surface area contributed by atoms with E-state index in [2.05, 4.69) is 0 Å². The fourth-order valence-corrected chi connectivity index (χ4v) is 4.11. The second kappa shape index (κ2) is 8.95. The highest BCUT2D eigenvalue weighted by atomic mass is 35.5. The van der Waals surface area contributed by atoms with Crippen molar-refractivity contribution in [3.8, 4) is 5.75 Å². The summed E-state index contributed by atoms with van der Waals surface area (Å²) in [5.74, 6) is -3.67. The summed E-state index contributed by atoms with van der Waals surface area (Å²) in [4.78, 5) is 40.5. The number of anilines is 1. The zero-order valence-corrected chi connectivity index (χ0v) is 18.4. The third-order valence-electron chi connectivity index (χ3n) is 5.63. The molecule has 5 nitrogen and oxygen atoms in total. The van der Waals surface area contributed by atoms with Gasteiger partial charge in [-0.05, 0) is 60.2 Å². The van der Waals surface area contributed by atoms with Gasteiger partial charge in [0.15, 0.2) is 5.78 Å². The highest BCUT2D eigenvalue weighted by Gasteiger charge is 2.52. The maximum absolute atomic E-state index is 13.4. The molecule has 174 valence electrons. The van der Waals surface area contributed by atoms with Gasteiger partial charge in [0.05, 0.1) is 18.7 Å². The van der Waals surface area contributed by atoms with E-state index in [0.29, 0.717) is 16.3 Å². The smallest absolute Gasteiger partial charge is 0.416 e. The number of carbonyl (C=O) groups is 3. The van der Waals surface area contributed by atoms with Gasteiger partial charge in [-0.2, -0.15) is 13.2 Å². The van der Waals surface area contributed by atoms with E-state index in [-0.39, 0.29) is 11.3 Å². The SMILES string of the molecule is COc1ccc(C(=O)C2C(=O)C(=O)N(c3cccc(C(F)(F)F)c3)C2c2ccc(Cl)cc2)cc1. The third kappa shape index (κ3) is 4.28. The molecule has 34 heavy (non-hydrogen) atoms. The Morgan fingerprint density at radius 1 is 0.971 bits per heavy atom. The Balaban J connectivity index is 1.84. The van der Waals surface area contributed by atoms with Gasteiger partial charge in [-0.15, -0.1) is 0 Å². The van der Waals surface area contributed by atoms with E-state index < -0.39 is 41.2 Å². The van der Waals surface area contributed by atoms with Gasteiger partial charge in [-0.25, -0.2) is 0 Å². The Kier molecular flexibility index (Phi) is 6.18. The van der Waals surface area contributed by atoms with Gasteiger partial charge < -0.3 is 4.74 Å². The van der Waals surface area contributed by atoms with Gasteiger partial charge >= 0.3 is 6.18 Å². The molecule has 0 N–H and O–H groups in total. The van der Waals surface area contributed by atoms with Crippen molar-refractivity contribution in [2.75, 3.05) is 12.0 Å². The number of methoxy groups -OCH3 is 1. The number of alkyl halides is 3. The molecule has 3 aromatic carbocycles. The lowest BCUT2D eigenvalue weighted by atomic mass is 9.86. The zero-order chi connectivity index (χ0) is 24.6. The van der Waals surface area contributed by atoms with Gasteiger partial charge in [0.2, 0.25) is 5.78 Å². The van der Waals surface area contributed by atoms with Crippen LogP contribution in [0.25, 0.3) is 0 Å². The second-order valence-electron chi connectivity index (χ2n) is 7.65. The number of carbonyl (C=O) groups excluding carboxylic acids is 3. The van der Waals surface area contributed by atoms with Gasteiger partial charge in [0.25, 0.3) is 5.91 Å². The number of hydrogen-bond acceptors (Lipinski definition) is 4. The largest absolute Gasteiger partial charge is 0.497 e. The van der Waals surface area contributed by atoms with Crippen molar-refractivity contribution in [1.82, 2.24) is 0 Å². The predicted molar refractivity (Wildman–Crippen MR) is 119 cm³/mol. The van der Waals surface area contributed by atoms with Crippen LogP contribution < -0.4 is 9.64 Å². The highest BCUT2D eigenvalue weighted by Crippen LogP contribution is 2.43. The van der Waals surface area contributed by atoms with E-state index in [1.807, 2.05) is 0 Å². The molecule has 1 aliphatic rings. The number of Topliss-reactive ketones (excluding diaryl/α,β-unsaturated/α-hetero) is 2. The first-order chi connectivity index (χ1) is 16.1. The van der Waals surface area contributed by atoms with Crippen molar-refractivity contribution >= 4 is 34.8 Å². The van der Waals surface area contributed by atoms with Crippen LogP contribution in [-0.2, 0) is 15.8 Å². The van der Waals surface area contributed by atoms with E-state index in [9.17, 15) is 27.6 Å². The van der Waals surface area contributed by atoms with Gasteiger partial charge in [0.1, 0.15) is 11.7 Å². The van der Waals surface area contributed by atoms with Crippen molar-refractivity contribution in [2.24, 2.45) is 5.92 Å². The lowest BCUT2D eigenvalue weighted by Gasteiger charge is -2.28. The van der Waals surface area contributed by atoms with Gasteiger partial charge in [-0.3, -0.25) is 19.3 Å². The van der Waals surface area contributed by atoms with Crippen molar-refractivity contribution in [3.63, 3.8) is 0 Å². The summed E-state index contributed by atoms with van der Waals surface area (Å²) in [5.41, 5.74) is -0.576. The van der Waals surface area contributed by atoms with E-state index >= 15 is 0 Å². The number of amides is 1. The molecule has 2 atom stereocenters. The Morgan fingerprint density at radius 3 is 2.21 bits per heavy atom. The van der Waals surface area contributed by atoms with Crippen LogP contribution in [-0.4, -0.2) is 24.6 Å². The molecule has 1 heterocycles. The summed E-state index contributed by atoms with van der Waals surface area (Å²) >= 11 is 5.97. The molecule has 2 unspecified atom stereocenters. The minimum atomic E-state index is -4.66. The molecule has 1 amide bonds. The molecule has 0 aromatic heterocycles. The van der Waals surface area contributed by atoms with Crippen molar-refractivity contribution < 1.29 is 32.3 Å². The van der Waals surface area contributed by atoms with Crippen LogP contribution in [0.3, 0.4) is 0 Å². The van der Waals surface area contributed by atoms with Gasteiger partial charge in [-0.1, -0.05) is 29.8 Å². The van der Waals surface area contributed by atoms with Crippen LogP contribution in [0.15, 0.2) is 72.8 Å². The molecule has 1 fully saturated rings. The topological polar surface area (TPSA) is 63.7 Å². The lowest BCUT2D eigenvalue weighted by Crippen LogP contribution is -2.30. The maximum Gasteiger partial charge on any atom is 0.416 e. The number of rotatable bonds is 5. The second-order valence-corrected chi connectivity index (χ2v) is 8.09. The van der Waals surface area contributed by atoms with E-state index in [4.69, 9.17) is 16.3 Å². The Bertz CT molecular complexity index is 1260. The zero-order valence-electron chi connectivity index (χ0n) is 17.7. The Labute approximate surface area is 197 Å². The summed E-state index contributed by atoms with van der Waals surface area (Å²) in [6.07, 6.45) is -4.66. The first kappa shape index (κ1) is 23.5. The molecule has 4 rings (SSSR count). The number of hydrogen-bond donors (Lipinski definition) is 0. The van der Waals surface area contributed by atoms with Crippen LogP contribution in [0, 0.1) is 5.92 Å². The van der Waals surface area contributed by atoms with Gasteiger partial charge in [0, 0.05) is 16.3 Å². The summed E-state index contributed by atoms with van der Waals surface area (Å²) in [6.45, 7) is 0. The summed E-state index contributed by atoms with van der Waals surface area (Å²) in [5, 5.41) is 0.378. The Morgan fingerprint density at radius 2 is 1.62 bits per heavy atom. The third-order valence-corrected chi connectivity index (χ3v) is 5.88. The molecule has 0 aliphatic carbocycles. The van der Waals surface area contributed by atoms with Crippen LogP contribution >= 0.6 is 11.6 Å². The van der Waals surface area contributed by atoms with E-state index in [0.717, 1.165) is 23.1 Å². The van der Waals surface area contributed by atoms with E-state index in [1.165, 1.54) is 61.7 Å². The standard InChI is InChI=1S/C25H17ClF3NO4/c1-34-19-11-7-15(8-12-19)22(31)20-21(14-5-9-17(26)10-6-14)30(24(33)23(20)32)18-4-2-3-16(13-18)25(27,28)29/h2-13,20-21H,1H3. The Hall–Kier alpha value is -3.65. The number of ether oxygens (including phenoxy) is 1. The minimum absolute atomic E-state index is 0.141. The molecule has 0 radical (unpaired) electrons. The molecule has 9 heteroatoms. The predicted octanol–water partition coefficient (Wildman–Crippen LogP) is 5.52. The van der Waals surface area contributed by atoms with Crippen LogP contribution in [0.1, 0.15) is 27.5 Å². The molecular weight excluding hydrogens is 471 g/mol. The average Bonchev–Trinajstić information content (AvgIpc) is 3.09. The highest BCUT2D eigenvalue weighted by molar-refractivity contribution is 6.49. The monoisotopic (exact) mass is 487 g/mol. The van der Waals surface area contributed by atoms with Crippen LogP contribution in [0.2, 0.25) is 5.02 Å². The molecule has 0 saturated carbocycles. The summed E-state index contributed by atoms with van der Waals surface area (Å²) in [6, 6.07) is 15.0. The number of halogens is 4. The molecule has 0 spiro atoms. The molecule has 1 saturated heterocycles. The maximum atomic E-state index is 13.4. The molecular formula is C25H17ClF3NO4. The molecule has 1 aliphatic heterocycles. The van der Waals surface area contributed by atoms with Crippen LogP contribution in [0.5, 0.6) is 5.75 Å². The molecule has 0 bridgehead atoms. The first-order valence-corrected chi connectivity index (χ1v) is 10.5. The van der Waals surface area contributed by atoms with Crippen molar-refractivity contribution in [3.05, 3.63) is 94.5 Å². The number of benzene rings is 3. The summed E-state index contributed by atoms with van der Waals surface area (Å²) < 4.78 is 45.1. The minimum Gasteiger partial charge on any atom is -0.497 e. The van der Waals surface area contributed by atoms with Crippen molar-refractivity contribution in [2.45, 2.75) is 12.2 Å². The normalized spacial score (nSPS) is 18.3.